The molecule has 0 unspecified atom stereocenters. The monoisotopic (exact) mass is 332 g/mol. The van der Waals surface area contributed by atoms with Crippen LogP contribution < -0.4 is 20.7 Å². The highest BCUT2D eigenvalue weighted by atomic mass is 16.5. The molecule has 2 rings (SSSR count). The van der Waals surface area contributed by atoms with Gasteiger partial charge in [0.2, 0.25) is 17.8 Å². The average Bonchev–Trinajstić information content (AvgIpc) is 2.58. The van der Waals surface area contributed by atoms with Crippen molar-refractivity contribution in [2.24, 2.45) is 0 Å². The first kappa shape index (κ1) is 17.7. The highest BCUT2D eigenvalue weighted by Gasteiger charge is 2.07. The number of ether oxygens (including phenoxy) is 1. The highest BCUT2D eigenvalue weighted by Crippen LogP contribution is 2.14. The van der Waals surface area contributed by atoms with Gasteiger partial charge in [-0.15, -0.1) is 0 Å². The molecule has 0 amide bonds. The number of hydrogen-bond donors (Lipinski definition) is 4. The summed E-state index contributed by atoms with van der Waals surface area (Å²) in [6, 6.07) is 7.97. The lowest BCUT2D eigenvalue weighted by Crippen LogP contribution is -2.17. The largest absolute Gasteiger partial charge is 0.497 e. The normalized spacial score (nSPS) is 10.5. The Morgan fingerprint density at radius 1 is 1.00 bits per heavy atom. The lowest BCUT2D eigenvalue weighted by molar-refractivity contribution is 0.311. The van der Waals surface area contributed by atoms with E-state index in [-0.39, 0.29) is 12.6 Å². The zero-order valence-electron chi connectivity index (χ0n) is 14.2. The molecule has 24 heavy (non-hydrogen) atoms. The molecule has 0 fully saturated rings. The van der Waals surface area contributed by atoms with Crippen LogP contribution in [-0.2, 0) is 6.54 Å². The third-order valence-corrected chi connectivity index (χ3v) is 3.06. The second-order valence-corrected chi connectivity index (χ2v) is 5.46. The molecule has 0 spiro atoms. The highest BCUT2D eigenvalue weighted by molar-refractivity contribution is 5.43. The maximum Gasteiger partial charge on any atom is 0.229 e. The van der Waals surface area contributed by atoms with E-state index in [9.17, 15) is 0 Å². The molecule has 0 aliphatic heterocycles. The van der Waals surface area contributed by atoms with Gasteiger partial charge in [-0.3, -0.25) is 0 Å². The maximum atomic E-state index is 8.93. The summed E-state index contributed by atoms with van der Waals surface area (Å²) < 4.78 is 5.15. The van der Waals surface area contributed by atoms with Crippen LogP contribution in [0, 0.1) is 0 Å². The Bertz CT molecular complexity index is 633. The van der Waals surface area contributed by atoms with Crippen molar-refractivity contribution in [3.05, 3.63) is 29.8 Å². The first-order valence-corrected chi connectivity index (χ1v) is 7.85. The lowest BCUT2D eigenvalue weighted by atomic mass is 10.2. The predicted molar refractivity (Wildman–Crippen MR) is 94.5 cm³/mol. The Morgan fingerprint density at radius 3 is 2.21 bits per heavy atom. The van der Waals surface area contributed by atoms with Crippen molar-refractivity contribution in [2.75, 3.05) is 36.2 Å². The molecule has 130 valence electrons. The minimum atomic E-state index is 0.00718. The van der Waals surface area contributed by atoms with Crippen molar-refractivity contribution < 1.29 is 9.84 Å². The van der Waals surface area contributed by atoms with Crippen LogP contribution in [0.1, 0.15) is 19.4 Å². The number of aliphatic hydroxyl groups excluding tert-OH is 1. The molecule has 1 aromatic carbocycles. The SMILES string of the molecule is COc1ccc(CNc2nc(NCCO)nc(NC(C)C)n2)cc1. The van der Waals surface area contributed by atoms with Gasteiger partial charge in [-0.1, -0.05) is 12.1 Å². The number of nitrogens with one attached hydrogen (secondary N) is 3. The van der Waals surface area contributed by atoms with E-state index in [4.69, 9.17) is 9.84 Å². The van der Waals surface area contributed by atoms with Gasteiger partial charge in [-0.2, -0.15) is 15.0 Å². The standard InChI is InChI=1S/C16H24N6O2/c1-11(2)19-16-21-14(17-8-9-23)20-15(22-16)18-10-12-4-6-13(24-3)7-5-12/h4-7,11,23H,8-10H2,1-3H3,(H3,17,18,19,20,21,22). The Morgan fingerprint density at radius 2 is 1.62 bits per heavy atom. The first-order chi connectivity index (χ1) is 11.6. The van der Waals surface area contributed by atoms with Crippen LogP contribution in [0.25, 0.3) is 0 Å². The van der Waals surface area contributed by atoms with Crippen molar-refractivity contribution in [3.8, 4) is 5.75 Å². The summed E-state index contributed by atoms with van der Waals surface area (Å²) >= 11 is 0. The minimum Gasteiger partial charge on any atom is -0.497 e. The summed E-state index contributed by atoms with van der Waals surface area (Å²) in [6.07, 6.45) is 0. The third kappa shape index (κ3) is 5.54. The Labute approximate surface area is 141 Å². The van der Waals surface area contributed by atoms with Gasteiger partial charge in [-0.05, 0) is 31.5 Å². The van der Waals surface area contributed by atoms with Gasteiger partial charge in [0.15, 0.2) is 0 Å². The summed E-state index contributed by atoms with van der Waals surface area (Å²) in [7, 11) is 1.64. The van der Waals surface area contributed by atoms with Gasteiger partial charge in [0.25, 0.3) is 0 Å². The molecular formula is C16H24N6O2. The average molecular weight is 332 g/mol. The number of benzene rings is 1. The fraction of sp³-hybridized carbons (Fsp3) is 0.438. The van der Waals surface area contributed by atoms with E-state index in [0.717, 1.165) is 11.3 Å². The zero-order valence-corrected chi connectivity index (χ0v) is 14.2. The molecule has 8 heteroatoms. The van der Waals surface area contributed by atoms with E-state index >= 15 is 0 Å². The number of aliphatic hydroxyl groups is 1. The summed E-state index contributed by atoms with van der Waals surface area (Å²) in [5.41, 5.74) is 1.08. The van der Waals surface area contributed by atoms with Crippen LogP contribution in [0.2, 0.25) is 0 Å². The van der Waals surface area contributed by atoms with Crippen molar-refractivity contribution in [3.63, 3.8) is 0 Å². The fourth-order valence-corrected chi connectivity index (χ4v) is 1.95. The Kier molecular flexibility index (Phi) is 6.56. The second kappa shape index (κ2) is 8.88. The van der Waals surface area contributed by atoms with E-state index in [1.54, 1.807) is 7.11 Å². The first-order valence-electron chi connectivity index (χ1n) is 7.85. The van der Waals surface area contributed by atoms with Crippen molar-refractivity contribution in [2.45, 2.75) is 26.4 Å². The quantitative estimate of drug-likeness (QED) is 0.550. The number of anilines is 3. The maximum absolute atomic E-state index is 8.93. The molecule has 0 radical (unpaired) electrons. The molecule has 2 aromatic rings. The van der Waals surface area contributed by atoms with E-state index in [0.29, 0.717) is 30.9 Å². The van der Waals surface area contributed by atoms with E-state index in [1.165, 1.54) is 0 Å². The van der Waals surface area contributed by atoms with Gasteiger partial charge >= 0.3 is 0 Å². The Hall–Kier alpha value is -2.61. The molecule has 0 saturated heterocycles. The molecule has 0 aliphatic rings. The Balaban J connectivity index is 2.08. The molecule has 4 N–H and O–H groups in total. The van der Waals surface area contributed by atoms with Crippen LogP contribution >= 0.6 is 0 Å². The van der Waals surface area contributed by atoms with Crippen LogP contribution in [0.4, 0.5) is 17.8 Å². The van der Waals surface area contributed by atoms with E-state index in [2.05, 4.69) is 30.9 Å². The molecule has 0 aliphatic carbocycles. The zero-order chi connectivity index (χ0) is 17.4. The van der Waals surface area contributed by atoms with Crippen molar-refractivity contribution in [1.82, 2.24) is 15.0 Å². The molecule has 0 bridgehead atoms. The summed E-state index contributed by atoms with van der Waals surface area (Å²) in [6.45, 7) is 4.98. The molecule has 0 saturated carbocycles. The molecular weight excluding hydrogens is 308 g/mol. The number of methoxy groups -OCH3 is 1. The number of aromatic nitrogens is 3. The molecule has 0 atom stereocenters. The molecule has 8 nitrogen and oxygen atoms in total. The lowest BCUT2D eigenvalue weighted by Gasteiger charge is -2.12. The van der Waals surface area contributed by atoms with Gasteiger partial charge in [0.1, 0.15) is 5.75 Å². The fourth-order valence-electron chi connectivity index (χ4n) is 1.95. The summed E-state index contributed by atoms with van der Waals surface area (Å²) in [5.74, 6) is 2.18. The second-order valence-electron chi connectivity index (χ2n) is 5.46. The number of rotatable bonds is 9. The predicted octanol–water partition coefficient (Wildman–Crippen LogP) is 1.72. The third-order valence-electron chi connectivity index (χ3n) is 3.06. The smallest absolute Gasteiger partial charge is 0.229 e. The summed E-state index contributed by atoms with van der Waals surface area (Å²) in [5, 5.41) is 18.2. The van der Waals surface area contributed by atoms with E-state index < -0.39 is 0 Å². The van der Waals surface area contributed by atoms with Crippen molar-refractivity contribution in [1.29, 1.82) is 0 Å². The number of nitrogens with zero attached hydrogens (tertiary/aromatic N) is 3. The van der Waals surface area contributed by atoms with Gasteiger partial charge in [0.05, 0.1) is 13.7 Å². The molecule has 1 heterocycles. The van der Waals surface area contributed by atoms with Gasteiger partial charge in [0, 0.05) is 19.1 Å². The van der Waals surface area contributed by atoms with E-state index in [1.807, 2.05) is 38.1 Å². The molecule has 1 aromatic heterocycles. The van der Waals surface area contributed by atoms with Crippen molar-refractivity contribution >= 4 is 17.8 Å². The van der Waals surface area contributed by atoms with Crippen LogP contribution in [0.15, 0.2) is 24.3 Å². The van der Waals surface area contributed by atoms with Crippen LogP contribution in [-0.4, -0.2) is 46.4 Å². The topological polar surface area (TPSA) is 104 Å². The van der Waals surface area contributed by atoms with Gasteiger partial charge < -0.3 is 25.8 Å². The number of hydrogen-bond acceptors (Lipinski definition) is 8. The van der Waals surface area contributed by atoms with Gasteiger partial charge in [-0.25, -0.2) is 0 Å². The van der Waals surface area contributed by atoms with Crippen LogP contribution in [0.3, 0.4) is 0 Å². The minimum absolute atomic E-state index is 0.00718. The van der Waals surface area contributed by atoms with Crippen LogP contribution in [0.5, 0.6) is 5.75 Å². The summed E-state index contributed by atoms with van der Waals surface area (Å²) in [4.78, 5) is 12.9.